The summed E-state index contributed by atoms with van der Waals surface area (Å²) in [6.45, 7) is 0. The van der Waals surface area contributed by atoms with Gasteiger partial charge in [-0.1, -0.05) is 19.3 Å². The third kappa shape index (κ3) is 1.80. The third-order valence-electron chi connectivity index (χ3n) is 3.21. The molecule has 1 saturated carbocycles. The van der Waals surface area contributed by atoms with E-state index in [2.05, 4.69) is 0 Å². The number of aliphatic hydroxyl groups is 1. The van der Waals surface area contributed by atoms with Crippen molar-refractivity contribution in [2.75, 3.05) is 0 Å². The Bertz CT molecular complexity index is 138. The molecule has 2 atom stereocenters. The number of hydrogen-bond acceptors (Lipinski definition) is 2. The molecular formula is C10H18O2. The summed E-state index contributed by atoms with van der Waals surface area (Å²) < 4.78 is 5.46. The molecule has 1 heterocycles. The van der Waals surface area contributed by atoms with Crippen LogP contribution in [0.1, 0.15) is 44.9 Å². The van der Waals surface area contributed by atoms with Gasteiger partial charge in [-0.2, -0.15) is 0 Å². The van der Waals surface area contributed by atoms with Crippen molar-refractivity contribution in [1.82, 2.24) is 0 Å². The van der Waals surface area contributed by atoms with Gasteiger partial charge < -0.3 is 9.84 Å². The Hall–Kier alpha value is -0.0800. The van der Waals surface area contributed by atoms with Gasteiger partial charge in [-0.05, 0) is 25.2 Å². The lowest BCUT2D eigenvalue weighted by molar-refractivity contribution is -0.108. The Morgan fingerprint density at radius 1 is 0.917 bits per heavy atom. The van der Waals surface area contributed by atoms with Gasteiger partial charge in [0.05, 0.1) is 6.10 Å². The van der Waals surface area contributed by atoms with Crippen molar-refractivity contribution >= 4 is 0 Å². The van der Waals surface area contributed by atoms with Crippen molar-refractivity contribution in [3.8, 4) is 0 Å². The molecule has 1 saturated heterocycles. The largest absolute Gasteiger partial charge is 0.368 e. The summed E-state index contributed by atoms with van der Waals surface area (Å²) in [4.78, 5) is 0. The van der Waals surface area contributed by atoms with Crippen LogP contribution in [0, 0.1) is 5.92 Å². The fraction of sp³-hybridized carbons (Fsp3) is 1.00. The van der Waals surface area contributed by atoms with E-state index >= 15 is 0 Å². The molecule has 0 unspecified atom stereocenters. The molecule has 12 heavy (non-hydrogen) atoms. The first-order chi connectivity index (χ1) is 5.86. The van der Waals surface area contributed by atoms with Gasteiger partial charge in [-0.3, -0.25) is 0 Å². The molecule has 0 aromatic rings. The molecule has 2 aliphatic rings. The van der Waals surface area contributed by atoms with Crippen LogP contribution in [0.15, 0.2) is 0 Å². The van der Waals surface area contributed by atoms with Gasteiger partial charge >= 0.3 is 0 Å². The molecule has 0 aromatic heterocycles. The molecule has 2 nitrogen and oxygen atoms in total. The average Bonchev–Trinajstić information content (AvgIpc) is 2.54. The number of ether oxygens (including phenoxy) is 1. The molecule has 0 bridgehead atoms. The van der Waals surface area contributed by atoms with Crippen LogP contribution in [0.5, 0.6) is 0 Å². The van der Waals surface area contributed by atoms with E-state index in [1.165, 1.54) is 32.1 Å². The van der Waals surface area contributed by atoms with Crippen LogP contribution in [0.4, 0.5) is 0 Å². The van der Waals surface area contributed by atoms with Crippen LogP contribution in [0.2, 0.25) is 0 Å². The van der Waals surface area contributed by atoms with E-state index < -0.39 is 6.29 Å². The third-order valence-corrected chi connectivity index (χ3v) is 3.21. The fourth-order valence-corrected chi connectivity index (χ4v) is 2.50. The molecule has 2 heteroatoms. The SMILES string of the molecule is O[C@@H]1CC[C@H](C2CCCCC2)O1. The molecule has 1 aliphatic heterocycles. The van der Waals surface area contributed by atoms with Gasteiger partial charge in [0.15, 0.2) is 6.29 Å². The van der Waals surface area contributed by atoms with Crippen LogP contribution < -0.4 is 0 Å². The second kappa shape index (κ2) is 3.75. The van der Waals surface area contributed by atoms with E-state index in [4.69, 9.17) is 4.74 Å². The van der Waals surface area contributed by atoms with Crippen molar-refractivity contribution in [3.63, 3.8) is 0 Å². The lowest BCUT2D eigenvalue weighted by Crippen LogP contribution is -2.23. The van der Waals surface area contributed by atoms with Gasteiger partial charge in [0.1, 0.15) is 0 Å². The zero-order valence-corrected chi connectivity index (χ0v) is 7.54. The number of hydrogen-bond donors (Lipinski definition) is 1. The summed E-state index contributed by atoms with van der Waals surface area (Å²) in [6.07, 6.45) is 8.59. The van der Waals surface area contributed by atoms with E-state index in [0.29, 0.717) is 6.10 Å². The molecule has 0 amide bonds. The first-order valence-corrected chi connectivity index (χ1v) is 5.20. The van der Waals surface area contributed by atoms with Crippen LogP contribution in [0.3, 0.4) is 0 Å². The average molecular weight is 170 g/mol. The Kier molecular flexibility index (Phi) is 2.66. The van der Waals surface area contributed by atoms with Crippen LogP contribution in [-0.4, -0.2) is 17.5 Å². The highest BCUT2D eigenvalue weighted by Gasteiger charge is 2.30. The predicted octanol–water partition coefficient (Wildman–Crippen LogP) is 2.06. The van der Waals surface area contributed by atoms with E-state index in [1.807, 2.05) is 0 Å². The minimum Gasteiger partial charge on any atom is -0.368 e. The molecular weight excluding hydrogens is 152 g/mol. The quantitative estimate of drug-likeness (QED) is 0.652. The van der Waals surface area contributed by atoms with Gasteiger partial charge in [0.25, 0.3) is 0 Å². The predicted molar refractivity (Wildman–Crippen MR) is 46.7 cm³/mol. The first kappa shape index (κ1) is 8.52. The molecule has 0 spiro atoms. The van der Waals surface area contributed by atoms with Gasteiger partial charge in [-0.25, -0.2) is 0 Å². The molecule has 2 rings (SSSR count). The monoisotopic (exact) mass is 170 g/mol. The second-order valence-electron chi connectivity index (χ2n) is 4.10. The van der Waals surface area contributed by atoms with E-state index in [9.17, 15) is 5.11 Å². The van der Waals surface area contributed by atoms with Crippen LogP contribution in [0.25, 0.3) is 0 Å². The Morgan fingerprint density at radius 2 is 1.67 bits per heavy atom. The first-order valence-electron chi connectivity index (χ1n) is 5.20. The summed E-state index contributed by atoms with van der Waals surface area (Å²) in [5, 5.41) is 9.21. The lowest BCUT2D eigenvalue weighted by atomic mass is 9.84. The summed E-state index contributed by atoms with van der Waals surface area (Å²) in [7, 11) is 0. The van der Waals surface area contributed by atoms with Gasteiger partial charge in [0, 0.05) is 6.42 Å². The fourth-order valence-electron chi connectivity index (χ4n) is 2.50. The summed E-state index contributed by atoms with van der Waals surface area (Å²) in [5.41, 5.74) is 0. The second-order valence-corrected chi connectivity index (χ2v) is 4.10. The van der Waals surface area contributed by atoms with Crippen molar-refractivity contribution in [2.45, 2.75) is 57.3 Å². The highest BCUT2D eigenvalue weighted by Crippen LogP contribution is 2.33. The van der Waals surface area contributed by atoms with E-state index in [0.717, 1.165) is 18.8 Å². The molecule has 70 valence electrons. The minimum atomic E-state index is -0.461. The molecule has 1 N–H and O–H groups in total. The zero-order valence-electron chi connectivity index (χ0n) is 7.54. The van der Waals surface area contributed by atoms with Crippen molar-refractivity contribution in [2.24, 2.45) is 5.92 Å². The zero-order chi connectivity index (χ0) is 8.39. The van der Waals surface area contributed by atoms with E-state index in [1.54, 1.807) is 0 Å². The Balaban J connectivity index is 1.83. The maximum Gasteiger partial charge on any atom is 0.155 e. The lowest BCUT2D eigenvalue weighted by Gasteiger charge is -2.26. The molecule has 2 fully saturated rings. The maximum atomic E-state index is 9.21. The summed E-state index contributed by atoms with van der Waals surface area (Å²) in [6, 6.07) is 0. The standard InChI is InChI=1S/C10H18O2/c11-10-7-6-9(12-10)8-4-2-1-3-5-8/h8-11H,1-7H2/t9-,10+/m1/s1. The summed E-state index contributed by atoms with van der Waals surface area (Å²) in [5.74, 6) is 0.746. The van der Waals surface area contributed by atoms with Crippen molar-refractivity contribution in [1.29, 1.82) is 0 Å². The maximum absolute atomic E-state index is 9.21. The van der Waals surface area contributed by atoms with Crippen LogP contribution >= 0.6 is 0 Å². The van der Waals surface area contributed by atoms with E-state index in [-0.39, 0.29) is 0 Å². The number of aliphatic hydroxyl groups excluding tert-OH is 1. The molecule has 0 aromatic carbocycles. The highest BCUT2D eigenvalue weighted by atomic mass is 16.6. The smallest absolute Gasteiger partial charge is 0.155 e. The Morgan fingerprint density at radius 3 is 2.25 bits per heavy atom. The molecule has 0 radical (unpaired) electrons. The normalized spacial score (nSPS) is 38.8. The van der Waals surface area contributed by atoms with Gasteiger partial charge in [0.2, 0.25) is 0 Å². The minimum absolute atomic E-state index is 0.375. The topological polar surface area (TPSA) is 29.5 Å². The van der Waals surface area contributed by atoms with Gasteiger partial charge in [-0.15, -0.1) is 0 Å². The van der Waals surface area contributed by atoms with Crippen molar-refractivity contribution < 1.29 is 9.84 Å². The van der Waals surface area contributed by atoms with Crippen molar-refractivity contribution in [3.05, 3.63) is 0 Å². The summed E-state index contributed by atoms with van der Waals surface area (Å²) >= 11 is 0. The van der Waals surface area contributed by atoms with Crippen LogP contribution in [-0.2, 0) is 4.74 Å². The highest BCUT2D eigenvalue weighted by molar-refractivity contribution is 4.78. The number of rotatable bonds is 1. The Labute approximate surface area is 73.9 Å². The molecule has 1 aliphatic carbocycles.